The number of aromatic nitrogens is 2. The number of nitrogens with one attached hydrogen (secondary N) is 1. The first-order chi connectivity index (χ1) is 12.1. The lowest BCUT2D eigenvalue weighted by molar-refractivity contribution is 0.0683. The highest BCUT2D eigenvalue weighted by Crippen LogP contribution is 2.16. The molecule has 1 aromatic carbocycles. The molecule has 1 N–H and O–H groups in total. The standard InChI is InChI=1S/C16H23N5O3S/c22-25(23,21-9-11-24-12-10-21)20-7-5-19(6-8-20)13-16-17-14-3-1-2-4-15(14)18-16/h1-4H,5-13H2,(H,17,18). The minimum atomic E-state index is -3.37. The summed E-state index contributed by atoms with van der Waals surface area (Å²) in [6, 6.07) is 7.96. The van der Waals surface area contributed by atoms with E-state index in [-0.39, 0.29) is 0 Å². The Kier molecular flexibility index (Phi) is 4.74. The normalized spacial score (nSPS) is 21.8. The zero-order chi connectivity index (χ0) is 17.3. The zero-order valence-electron chi connectivity index (χ0n) is 14.1. The van der Waals surface area contributed by atoms with Gasteiger partial charge in [-0.15, -0.1) is 0 Å². The highest BCUT2D eigenvalue weighted by atomic mass is 32.2. The maximum atomic E-state index is 12.7. The van der Waals surface area contributed by atoms with Crippen molar-refractivity contribution in [3.05, 3.63) is 30.1 Å². The lowest BCUT2D eigenvalue weighted by Gasteiger charge is -2.37. The van der Waals surface area contributed by atoms with Crippen LogP contribution in [0.15, 0.2) is 24.3 Å². The van der Waals surface area contributed by atoms with Crippen LogP contribution in [0.25, 0.3) is 11.0 Å². The fourth-order valence-corrected chi connectivity index (χ4v) is 4.91. The second-order valence-corrected chi connectivity index (χ2v) is 8.32. The number of nitrogens with zero attached hydrogens (tertiary/aromatic N) is 4. The molecule has 0 unspecified atom stereocenters. The first-order valence-electron chi connectivity index (χ1n) is 8.62. The van der Waals surface area contributed by atoms with Crippen molar-refractivity contribution in [3.63, 3.8) is 0 Å². The predicted octanol–water partition coefficient (Wildman–Crippen LogP) is 0.258. The predicted molar refractivity (Wildman–Crippen MR) is 94.3 cm³/mol. The number of piperazine rings is 1. The molecule has 2 aromatic rings. The Bertz CT molecular complexity index is 790. The lowest BCUT2D eigenvalue weighted by Crippen LogP contribution is -2.54. The minimum Gasteiger partial charge on any atom is -0.379 e. The zero-order valence-corrected chi connectivity index (χ0v) is 14.9. The second-order valence-electron chi connectivity index (χ2n) is 6.40. The van der Waals surface area contributed by atoms with Gasteiger partial charge in [-0.1, -0.05) is 12.1 Å². The second kappa shape index (κ2) is 7.00. The molecular weight excluding hydrogens is 342 g/mol. The van der Waals surface area contributed by atoms with Gasteiger partial charge in [-0.2, -0.15) is 17.0 Å². The summed E-state index contributed by atoms with van der Waals surface area (Å²) in [5, 5.41) is 0. The van der Waals surface area contributed by atoms with Crippen molar-refractivity contribution in [3.8, 4) is 0 Å². The van der Waals surface area contributed by atoms with E-state index >= 15 is 0 Å². The number of morpholine rings is 1. The van der Waals surface area contributed by atoms with E-state index in [0.717, 1.165) is 16.9 Å². The van der Waals surface area contributed by atoms with Gasteiger partial charge in [0.2, 0.25) is 0 Å². The Morgan fingerprint density at radius 1 is 1.00 bits per heavy atom. The number of hydrogen-bond acceptors (Lipinski definition) is 5. The monoisotopic (exact) mass is 365 g/mol. The number of ether oxygens (including phenoxy) is 1. The number of fused-ring (bicyclic) bond motifs is 1. The molecule has 4 rings (SSSR count). The molecule has 2 aliphatic heterocycles. The van der Waals surface area contributed by atoms with E-state index in [1.807, 2.05) is 24.3 Å². The van der Waals surface area contributed by atoms with Gasteiger partial charge in [-0.3, -0.25) is 4.90 Å². The van der Waals surface area contributed by atoms with E-state index in [1.165, 1.54) is 4.31 Å². The Labute approximate surface area is 147 Å². The number of hydrogen-bond donors (Lipinski definition) is 1. The largest absolute Gasteiger partial charge is 0.379 e. The molecule has 0 radical (unpaired) electrons. The van der Waals surface area contributed by atoms with E-state index in [9.17, 15) is 8.42 Å². The van der Waals surface area contributed by atoms with Crippen molar-refractivity contribution < 1.29 is 13.2 Å². The topological polar surface area (TPSA) is 81.8 Å². The van der Waals surface area contributed by atoms with Gasteiger partial charge < -0.3 is 9.72 Å². The molecule has 1 aromatic heterocycles. The third-order valence-corrected chi connectivity index (χ3v) is 6.80. The molecule has 136 valence electrons. The van der Waals surface area contributed by atoms with Crippen LogP contribution in [-0.2, 0) is 21.5 Å². The fraction of sp³-hybridized carbons (Fsp3) is 0.562. The van der Waals surface area contributed by atoms with E-state index < -0.39 is 10.2 Å². The SMILES string of the molecule is O=S(=O)(N1CCOCC1)N1CCN(Cc2nc3ccccc3[nH]2)CC1. The number of imidazole rings is 1. The Balaban J connectivity index is 1.36. The highest BCUT2D eigenvalue weighted by Gasteiger charge is 2.33. The van der Waals surface area contributed by atoms with E-state index in [4.69, 9.17) is 4.74 Å². The van der Waals surface area contributed by atoms with E-state index in [2.05, 4.69) is 14.9 Å². The Morgan fingerprint density at radius 2 is 1.68 bits per heavy atom. The van der Waals surface area contributed by atoms with Crippen molar-refractivity contribution in [2.24, 2.45) is 0 Å². The van der Waals surface area contributed by atoms with Crippen LogP contribution in [0.2, 0.25) is 0 Å². The summed E-state index contributed by atoms with van der Waals surface area (Å²) in [6.07, 6.45) is 0. The van der Waals surface area contributed by atoms with Crippen LogP contribution in [0.4, 0.5) is 0 Å². The summed E-state index contributed by atoms with van der Waals surface area (Å²) in [6.45, 7) is 5.00. The van der Waals surface area contributed by atoms with Crippen LogP contribution in [0.5, 0.6) is 0 Å². The summed E-state index contributed by atoms with van der Waals surface area (Å²) in [7, 11) is -3.37. The molecule has 0 spiro atoms. The molecule has 0 aliphatic carbocycles. The van der Waals surface area contributed by atoms with Crippen LogP contribution < -0.4 is 0 Å². The summed E-state index contributed by atoms with van der Waals surface area (Å²) >= 11 is 0. The number of aromatic amines is 1. The van der Waals surface area contributed by atoms with Gasteiger partial charge in [0.05, 0.1) is 30.8 Å². The summed E-state index contributed by atoms with van der Waals surface area (Å²) in [5.41, 5.74) is 2.00. The van der Waals surface area contributed by atoms with Crippen molar-refractivity contribution in [1.82, 2.24) is 23.5 Å². The number of rotatable bonds is 4. The van der Waals surface area contributed by atoms with Crippen LogP contribution in [-0.4, -0.2) is 84.4 Å². The summed E-state index contributed by atoms with van der Waals surface area (Å²) < 4.78 is 33.7. The molecule has 9 heteroatoms. The molecule has 2 aliphatic rings. The number of para-hydroxylation sites is 2. The Hall–Kier alpha value is -1.52. The van der Waals surface area contributed by atoms with Crippen LogP contribution in [0, 0.1) is 0 Å². The third-order valence-electron chi connectivity index (χ3n) is 4.77. The molecule has 2 saturated heterocycles. The lowest BCUT2D eigenvalue weighted by atomic mass is 10.3. The van der Waals surface area contributed by atoms with Gasteiger partial charge in [0.15, 0.2) is 0 Å². The summed E-state index contributed by atoms with van der Waals surface area (Å²) in [4.78, 5) is 10.2. The Morgan fingerprint density at radius 3 is 2.40 bits per heavy atom. The van der Waals surface area contributed by atoms with Crippen molar-refractivity contribution in [2.45, 2.75) is 6.54 Å². The van der Waals surface area contributed by atoms with Gasteiger partial charge in [0.25, 0.3) is 10.2 Å². The van der Waals surface area contributed by atoms with E-state index in [0.29, 0.717) is 59.0 Å². The molecule has 2 fully saturated rings. The van der Waals surface area contributed by atoms with Crippen LogP contribution in [0.3, 0.4) is 0 Å². The molecule has 0 atom stereocenters. The van der Waals surface area contributed by atoms with Gasteiger partial charge in [0.1, 0.15) is 5.82 Å². The van der Waals surface area contributed by atoms with E-state index in [1.54, 1.807) is 4.31 Å². The molecule has 3 heterocycles. The van der Waals surface area contributed by atoms with Crippen molar-refractivity contribution in [1.29, 1.82) is 0 Å². The van der Waals surface area contributed by atoms with Crippen LogP contribution in [0.1, 0.15) is 5.82 Å². The summed E-state index contributed by atoms with van der Waals surface area (Å²) in [5.74, 6) is 0.922. The van der Waals surface area contributed by atoms with Crippen molar-refractivity contribution in [2.75, 3.05) is 52.5 Å². The average Bonchev–Trinajstić information content (AvgIpc) is 3.05. The van der Waals surface area contributed by atoms with Gasteiger partial charge >= 0.3 is 0 Å². The molecule has 0 amide bonds. The minimum absolute atomic E-state index is 0.446. The molecule has 8 nitrogen and oxygen atoms in total. The molecular formula is C16H23N5O3S. The maximum absolute atomic E-state index is 12.7. The van der Waals surface area contributed by atoms with Gasteiger partial charge in [-0.25, -0.2) is 4.98 Å². The van der Waals surface area contributed by atoms with Gasteiger partial charge in [-0.05, 0) is 12.1 Å². The number of H-pyrrole nitrogens is 1. The maximum Gasteiger partial charge on any atom is 0.282 e. The third kappa shape index (κ3) is 3.56. The molecule has 0 saturated carbocycles. The fourth-order valence-electron chi connectivity index (χ4n) is 3.35. The first-order valence-corrected chi connectivity index (χ1v) is 10.0. The molecule has 0 bridgehead atoms. The number of benzene rings is 1. The quantitative estimate of drug-likeness (QED) is 0.840. The average molecular weight is 365 g/mol. The highest BCUT2D eigenvalue weighted by molar-refractivity contribution is 7.86. The molecule has 25 heavy (non-hydrogen) atoms. The van der Waals surface area contributed by atoms with Crippen molar-refractivity contribution >= 4 is 21.2 Å². The van der Waals surface area contributed by atoms with Gasteiger partial charge in [0, 0.05) is 39.3 Å². The first kappa shape index (κ1) is 16.9. The smallest absolute Gasteiger partial charge is 0.282 e. The van der Waals surface area contributed by atoms with Crippen LogP contribution >= 0.6 is 0 Å².